The van der Waals surface area contributed by atoms with Crippen molar-refractivity contribution < 1.29 is 9.40 Å². The molecule has 2 aromatic heterocycles. The van der Waals surface area contributed by atoms with Gasteiger partial charge in [0.15, 0.2) is 0 Å². The summed E-state index contributed by atoms with van der Waals surface area (Å²) >= 11 is 0. The van der Waals surface area contributed by atoms with Gasteiger partial charge in [-0.05, 0) is 4.98 Å². The second-order valence-corrected chi connectivity index (χ2v) is 1.80. The lowest BCUT2D eigenvalue weighted by atomic mass is 10.6. The summed E-state index contributed by atoms with van der Waals surface area (Å²) in [5, 5.41) is 0. The Labute approximate surface area is 54.7 Å². The quantitative estimate of drug-likeness (QED) is 0.524. The molecule has 2 aromatic rings. The highest BCUT2D eigenvalue weighted by molar-refractivity contribution is 5.63. The third-order valence-corrected chi connectivity index (χ3v) is 1.14. The van der Waals surface area contributed by atoms with E-state index in [1.165, 1.54) is 6.33 Å². The molecule has 2 N–H and O–H groups in total. The Morgan fingerprint density at radius 2 is 2.60 bits per heavy atom. The Morgan fingerprint density at radius 1 is 1.70 bits per heavy atom. The van der Waals surface area contributed by atoms with Crippen LogP contribution in [-0.2, 0) is 0 Å². The molecule has 0 fully saturated rings. The smallest absolute Gasteiger partial charge is 0.400 e. The zero-order valence-electron chi connectivity index (χ0n) is 4.92. The summed E-state index contributed by atoms with van der Waals surface area (Å²) in [6.45, 7) is 0. The number of aromatic amines is 2. The minimum absolute atomic E-state index is 0.438. The molecular weight excluding hydrogens is 134 g/mol. The van der Waals surface area contributed by atoms with E-state index in [9.17, 15) is 4.79 Å². The van der Waals surface area contributed by atoms with Crippen molar-refractivity contribution in [2.24, 2.45) is 0 Å². The summed E-state index contributed by atoms with van der Waals surface area (Å²) in [6, 6.07) is 0. The van der Waals surface area contributed by atoms with Crippen molar-refractivity contribution in [2.75, 3.05) is 0 Å². The first kappa shape index (κ1) is 5.16. The van der Waals surface area contributed by atoms with E-state index in [1.54, 1.807) is 6.20 Å². The van der Waals surface area contributed by atoms with Gasteiger partial charge < -0.3 is 4.42 Å². The minimum atomic E-state index is -0.484. The minimum Gasteiger partial charge on any atom is -0.400 e. The fourth-order valence-corrected chi connectivity index (χ4v) is 0.740. The fourth-order valence-electron chi connectivity index (χ4n) is 0.740. The van der Waals surface area contributed by atoms with E-state index in [2.05, 4.69) is 19.4 Å². The van der Waals surface area contributed by atoms with E-state index in [-0.39, 0.29) is 0 Å². The Bertz CT molecular complexity index is 366. The number of nitrogens with one attached hydrogen (secondary N) is 2. The van der Waals surface area contributed by atoms with Crippen LogP contribution in [0.3, 0.4) is 0 Å². The van der Waals surface area contributed by atoms with E-state index in [0.29, 0.717) is 11.2 Å². The van der Waals surface area contributed by atoms with Crippen LogP contribution in [0.2, 0.25) is 0 Å². The van der Waals surface area contributed by atoms with E-state index in [4.69, 9.17) is 0 Å². The monoisotopic (exact) mass is 138 g/mol. The molecule has 0 amide bonds. The van der Waals surface area contributed by atoms with Gasteiger partial charge in [0.2, 0.25) is 5.58 Å². The van der Waals surface area contributed by atoms with Gasteiger partial charge >= 0.3 is 5.76 Å². The number of hydrogen-bond acceptors (Lipinski definition) is 3. The maximum atomic E-state index is 10.5. The van der Waals surface area contributed by atoms with E-state index < -0.39 is 5.76 Å². The third-order valence-electron chi connectivity index (χ3n) is 1.14. The largest absolute Gasteiger partial charge is 0.420 e. The van der Waals surface area contributed by atoms with Gasteiger partial charge in [-0.15, -0.1) is 0 Å². The van der Waals surface area contributed by atoms with E-state index in [0.717, 1.165) is 0 Å². The zero-order valence-corrected chi connectivity index (χ0v) is 4.92. The number of rotatable bonds is 0. The van der Waals surface area contributed by atoms with Gasteiger partial charge in [-0.1, -0.05) is 0 Å². The Hall–Kier alpha value is -1.65. The molecule has 10 heavy (non-hydrogen) atoms. The number of fused-ring (bicyclic) bond motifs is 1. The van der Waals surface area contributed by atoms with Gasteiger partial charge in [0, 0.05) is 0 Å². The number of aromatic nitrogens is 3. The predicted octanol–water partition coefficient (Wildman–Crippen LogP) is -0.670. The van der Waals surface area contributed by atoms with Gasteiger partial charge in [0.1, 0.15) is 6.20 Å². The highest BCUT2D eigenvalue weighted by atomic mass is 16.4. The molecule has 0 aliphatic rings. The summed E-state index contributed by atoms with van der Waals surface area (Å²) < 4.78 is 4.66. The molecular formula is C5H4N3O2+. The van der Waals surface area contributed by atoms with Crippen molar-refractivity contribution in [1.82, 2.24) is 9.97 Å². The maximum absolute atomic E-state index is 10.5. The lowest BCUT2D eigenvalue weighted by Gasteiger charge is -1.70. The number of hydrogen-bond donors (Lipinski definition) is 1. The molecule has 5 nitrogen and oxygen atoms in total. The molecule has 0 saturated carbocycles. The number of oxazole rings is 1. The second-order valence-electron chi connectivity index (χ2n) is 1.80. The highest BCUT2D eigenvalue weighted by Gasteiger charge is 2.04. The summed E-state index contributed by atoms with van der Waals surface area (Å²) in [5.41, 5.74) is 0.899. The van der Waals surface area contributed by atoms with Crippen molar-refractivity contribution in [2.45, 2.75) is 0 Å². The van der Waals surface area contributed by atoms with Gasteiger partial charge in [0.05, 0.1) is 0 Å². The number of nitrogens with zero attached hydrogens (tertiary/aromatic N) is 1. The molecule has 5 heteroatoms. The summed E-state index contributed by atoms with van der Waals surface area (Å²) in [4.78, 5) is 19.4. The molecule has 0 aliphatic carbocycles. The first-order valence-corrected chi connectivity index (χ1v) is 2.71. The molecule has 2 rings (SSSR count). The van der Waals surface area contributed by atoms with Crippen LogP contribution in [0, 0.1) is 0 Å². The van der Waals surface area contributed by atoms with Crippen molar-refractivity contribution in [3.8, 4) is 0 Å². The van der Waals surface area contributed by atoms with Gasteiger partial charge in [0.25, 0.3) is 12.0 Å². The summed E-state index contributed by atoms with van der Waals surface area (Å²) in [5.74, 6) is -0.484. The highest BCUT2D eigenvalue weighted by Crippen LogP contribution is 1.98. The molecule has 0 saturated heterocycles. The summed E-state index contributed by atoms with van der Waals surface area (Å²) in [7, 11) is 0. The van der Waals surface area contributed by atoms with E-state index >= 15 is 0 Å². The van der Waals surface area contributed by atoms with Crippen LogP contribution in [0.25, 0.3) is 11.2 Å². The molecule has 2 heterocycles. The Morgan fingerprint density at radius 3 is 3.40 bits per heavy atom. The molecule has 0 bridgehead atoms. The zero-order chi connectivity index (χ0) is 6.97. The van der Waals surface area contributed by atoms with Crippen LogP contribution >= 0.6 is 0 Å². The normalized spacial score (nSPS) is 10.4. The topological polar surface area (TPSA) is 73.0 Å². The van der Waals surface area contributed by atoms with Crippen LogP contribution in [0.1, 0.15) is 0 Å². The third kappa shape index (κ3) is 0.604. The van der Waals surface area contributed by atoms with Crippen LogP contribution in [0.4, 0.5) is 0 Å². The van der Waals surface area contributed by atoms with Crippen LogP contribution in [0.15, 0.2) is 21.7 Å². The predicted molar refractivity (Wildman–Crippen MR) is 31.2 cm³/mol. The van der Waals surface area contributed by atoms with Gasteiger partial charge in [-0.2, -0.15) is 0 Å². The van der Waals surface area contributed by atoms with Crippen molar-refractivity contribution in [3.63, 3.8) is 0 Å². The van der Waals surface area contributed by atoms with Crippen LogP contribution in [0.5, 0.6) is 0 Å². The molecule has 0 aromatic carbocycles. The van der Waals surface area contributed by atoms with Crippen molar-refractivity contribution in [1.29, 1.82) is 0 Å². The molecule has 0 aliphatic heterocycles. The Kier molecular flexibility index (Phi) is 0.858. The fraction of sp³-hybridized carbons (Fsp3) is 0. The molecule has 0 radical (unpaired) electrons. The lowest BCUT2D eigenvalue weighted by Crippen LogP contribution is -1.99. The van der Waals surface area contributed by atoms with Gasteiger partial charge in [-0.3, -0.25) is 4.98 Å². The lowest BCUT2D eigenvalue weighted by molar-refractivity contribution is -0.381. The van der Waals surface area contributed by atoms with Gasteiger partial charge in [-0.25, -0.2) is 9.78 Å². The first-order valence-electron chi connectivity index (χ1n) is 2.71. The van der Waals surface area contributed by atoms with E-state index in [1.807, 2.05) is 0 Å². The second kappa shape index (κ2) is 1.66. The average Bonchev–Trinajstić information content (AvgIpc) is 2.27. The molecule has 0 atom stereocenters. The molecule has 0 unspecified atom stereocenters. The molecule has 0 spiro atoms. The molecule has 50 valence electrons. The average molecular weight is 138 g/mol. The van der Waals surface area contributed by atoms with Crippen LogP contribution < -0.4 is 10.7 Å². The SMILES string of the molecule is O=c1[nH]c2nc[nH+]cc2o1. The summed E-state index contributed by atoms with van der Waals surface area (Å²) in [6.07, 6.45) is 3.02. The number of H-pyrrole nitrogens is 2. The van der Waals surface area contributed by atoms with Crippen molar-refractivity contribution in [3.05, 3.63) is 23.1 Å². The standard InChI is InChI=1S/C5H3N3O2/c9-5-8-4-3(10-5)1-6-2-7-4/h1-2H,(H,6,7,8,9)/p+1. The Balaban J connectivity index is 3.01. The maximum Gasteiger partial charge on any atom is 0.420 e. The van der Waals surface area contributed by atoms with Crippen molar-refractivity contribution >= 4 is 11.2 Å². The first-order chi connectivity index (χ1) is 4.86. The van der Waals surface area contributed by atoms with Crippen LogP contribution in [-0.4, -0.2) is 9.97 Å².